The molecular weight excluding hydrogens is 409 g/mol. The summed E-state index contributed by atoms with van der Waals surface area (Å²) in [7, 11) is 0.307. The van der Waals surface area contributed by atoms with Crippen molar-refractivity contribution in [1.29, 1.82) is 0 Å². The number of nitrogens with one attached hydrogen (secondary N) is 1. The first-order valence-corrected chi connectivity index (χ1v) is 11.2. The van der Waals surface area contributed by atoms with E-state index in [0.29, 0.717) is 36.3 Å². The predicted octanol–water partition coefficient (Wildman–Crippen LogP) is 3.56. The van der Waals surface area contributed by atoms with Crippen LogP contribution in [0.1, 0.15) is 40.2 Å². The molecule has 0 saturated carbocycles. The van der Waals surface area contributed by atoms with Crippen LogP contribution in [0.2, 0.25) is 5.02 Å². The number of anilines is 1. The van der Waals surface area contributed by atoms with Crippen LogP contribution in [0.3, 0.4) is 0 Å². The van der Waals surface area contributed by atoms with E-state index in [1.807, 2.05) is 63.2 Å². The van der Waals surface area contributed by atoms with E-state index in [1.54, 1.807) is 13.8 Å². The molecule has 5 nitrogen and oxygen atoms in total. The van der Waals surface area contributed by atoms with Crippen molar-refractivity contribution in [3.8, 4) is 5.75 Å². The smallest absolute Gasteiger partial charge is 0.309 e. The Morgan fingerprint density at radius 1 is 1.17 bits per heavy atom. The predicted molar refractivity (Wildman–Crippen MR) is 123 cm³/mol. The van der Waals surface area contributed by atoms with Crippen LogP contribution < -0.4 is 14.9 Å². The molecule has 2 aromatic carbocycles. The van der Waals surface area contributed by atoms with Crippen molar-refractivity contribution in [3.63, 3.8) is 0 Å². The monoisotopic (exact) mass is 437 g/mol. The second-order valence-electron chi connectivity index (χ2n) is 7.84. The Morgan fingerprint density at radius 2 is 1.90 bits per heavy atom. The summed E-state index contributed by atoms with van der Waals surface area (Å²) in [5.41, 5.74) is 0.757. The molecule has 0 aliphatic rings. The van der Waals surface area contributed by atoms with Crippen LogP contribution >= 0.6 is 11.6 Å². The van der Waals surface area contributed by atoms with Crippen LogP contribution in [0.15, 0.2) is 42.5 Å². The number of benzene rings is 2. The first kappa shape index (κ1) is 23.9. The Labute approximate surface area is 182 Å². The number of rotatable bonds is 10. The molecule has 0 amide bonds. The zero-order chi connectivity index (χ0) is 21.7. The Kier molecular flexibility index (Phi) is 8.32. The highest BCUT2D eigenvalue weighted by Gasteiger charge is 2.35. The fraction of sp³-hybridized carbons (Fsp3) is 0.429. The van der Waals surface area contributed by atoms with Gasteiger partial charge in [-0.05, 0) is 69.9 Å². The maximum absolute atomic E-state index is 12.0. The molecule has 0 aromatic heterocycles. The average molecular weight is 438 g/mol. The highest BCUT2D eigenvalue weighted by molar-refractivity contribution is 7.92. The molecule has 0 aliphatic carbocycles. The number of hydrogen-bond donors (Lipinski definition) is 2. The van der Waals surface area contributed by atoms with Crippen molar-refractivity contribution in [2.45, 2.75) is 52.4 Å². The first-order valence-electron chi connectivity index (χ1n) is 9.53. The molecule has 0 saturated heterocycles. The van der Waals surface area contributed by atoms with E-state index in [9.17, 15) is 9.66 Å². The van der Waals surface area contributed by atoms with E-state index in [4.69, 9.17) is 21.0 Å². The van der Waals surface area contributed by atoms with Gasteiger partial charge in [-0.2, -0.15) is 0 Å². The Bertz CT molecular complexity index is 814. The Morgan fingerprint density at radius 3 is 2.52 bits per heavy atom. The van der Waals surface area contributed by atoms with Gasteiger partial charge in [-0.1, -0.05) is 29.8 Å². The number of halogens is 1. The molecule has 2 aromatic rings. The summed E-state index contributed by atoms with van der Waals surface area (Å²) in [5.74, 6) is 1.06. The second kappa shape index (κ2) is 10.1. The minimum Gasteiger partial charge on any atom is -0.593 e. The van der Waals surface area contributed by atoms with E-state index in [0.717, 1.165) is 11.0 Å². The summed E-state index contributed by atoms with van der Waals surface area (Å²) < 4.78 is 26.9. The van der Waals surface area contributed by atoms with Crippen molar-refractivity contribution in [2.24, 2.45) is 0 Å². The molecule has 158 valence electrons. The lowest BCUT2D eigenvalue weighted by Gasteiger charge is -2.37. The molecule has 8 heteroatoms. The number of aliphatic hydroxyl groups is 1. The molecule has 0 spiro atoms. The molecule has 0 radical (unpaired) electrons. The van der Waals surface area contributed by atoms with Gasteiger partial charge in [-0.15, -0.1) is 0 Å². The summed E-state index contributed by atoms with van der Waals surface area (Å²) in [6.07, 6.45) is 0. The number of ether oxygens (including phenoxy) is 1. The highest BCUT2D eigenvalue weighted by atomic mass is 35.5. The fourth-order valence-corrected chi connectivity index (χ4v) is 3.05. The van der Waals surface area contributed by atoms with Crippen LogP contribution in [0.4, 0.5) is 5.69 Å². The quantitative estimate of drug-likeness (QED) is 0.439. The fourth-order valence-electron chi connectivity index (χ4n) is 2.28. The van der Waals surface area contributed by atoms with E-state index in [2.05, 4.69) is 4.72 Å². The maximum Gasteiger partial charge on any atom is 0.309 e. The summed E-state index contributed by atoms with van der Waals surface area (Å²) >= 11 is 4.85. The third-order valence-corrected chi connectivity index (χ3v) is 6.10. The van der Waals surface area contributed by atoms with Gasteiger partial charge in [-0.3, -0.25) is 0 Å². The van der Waals surface area contributed by atoms with E-state index >= 15 is 0 Å². The Hall–Kier alpha value is -1.38. The van der Waals surface area contributed by atoms with Gasteiger partial charge < -0.3 is 19.1 Å². The molecule has 2 N–H and O–H groups in total. The lowest BCUT2D eigenvalue weighted by Crippen LogP contribution is -2.49. The normalized spacial score (nSPS) is 13.1. The Balaban J connectivity index is 2.19. The lowest BCUT2D eigenvalue weighted by atomic mass is 9.82. The van der Waals surface area contributed by atoms with Gasteiger partial charge in [0.15, 0.2) is 0 Å². The largest absolute Gasteiger partial charge is 0.593 e. The van der Waals surface area contributed by atoms with Gasteiger partial charge in [0.25, 0.3) is 0 Å². The highest BCUT2D eigenvalue weighted by Crippen LogP contribution is 2.27. The average Bonchev–Trinajstić information content (AvgIpc) is 2.65. The summed E-state index contributed by atoms with van der Waals surface area (Å²) in [4.78, 5) is 0. The molecule has 1 unspecified atom stereocenters. The van der Waals surface area contributed by atoms with Crippen molar-refractivity contribution >= 4 is 41.6 Å². The van der Waals surface area contributed by atoms with E-state index < -0.39 is 22.6 Å². The van der Waals surface area contributed by atoms with Crippen LogP contribution in [0.25, 0.3) is 0 Å². The van der Waals surface area contributed by atoms with Crippen LogP contribution in [-0.4, -0.2) is 34.1 Å². The van der Waals surface area contributed by atoms with Gasteiger partial charge in [-0.25, -0.2) is 4.72 Å². The number of hydrogen-bond acceptors (Lipinski definition) is 5. The molecular formula is C21H29BClNO4S. The van der Waals surface area contributed by atoms with Gasteiger partial charge in [0.2, 0.25) is 0 Å². The van der Waals surface area contributed by atoms with Crippen molar-refractivity contribution in [3.05, 3.63) is 53.1 Å². The van der Waals surface area contributed by atoms with Gasteiger partial charge in [0.05, 0.1) is 22.6 Å². The lowest BCUT2D eigenvalue weighted by molar-refractivity contribution is -0.0893. The van der Waals surface area contributed by atoms with E-state index in [-0.39, 0.29) is 0 Å². The molecule has 0 bridgehead atoms. The summed E-state index contributed by atoms with van der Waals surface area (Å²) in [6.45, 7) is 9.32. The molecule has 0 aliphatic heterocycles. The van der Waals surface area contributed by atoms with Crippen molar-refractivity contribution in [2.75, 3.05) is 10.5 Å². The van der Waals surface area contributed by atoms with Crippen LogP contribution in [0, 0.1) is 0 Å². The molecule has 1 atom stereocenters. The summed E-state index contributed by atoms with van der Waals surface area (Å²) in [6, 6.07) is 13.0. The minimum absolute atomic E-state index is 0.307. The summed E-state index contributed by atoms with van der Waals surface area (Å²) in [5, 5.41) is 10.9. The van der Waals surface area contributed by atoms with Gasteiger partial charge in [0.1, 0.15) is 23.8 Å². The zero-order valence-corrected chi connectivity index (χ0v) is 19.2. The standard InChI is InChI=1S/C21H29BClNO4S/c1-6-29(26)24-18-11-10-16(22-28-21(4,5)20(2,3)25)13-19(18)27-14-15-8-7-9-17(23)12-15/h7-13,22,24-25H,6,14H2,1-5H3. The van der Waals surface area contributed by atoms with E-state index in [1.165, 1.54) is 0 Å². The molecule has 0 fully saturated rings. The van der Waals surface area contributed by atoms with Crippen molar-refractivity contribution in [1.82, 2.24) is 0 Å². The third-order valence-electron chi connectivity index (χ3n) is 4.89. The topological polar surface area (TPSA) is 73.8 Å². The zero-order valence-electron chi connectivity index (χ0n) is 17.6. The second-order valence-corrected chi connectivity index (χ2v) is 9.75. The SMILES string of the molecule is CC[S+]([O-])Nc1ccc(BOC(C)(C)C(C)(C)O)cc1OCc1cccc(Cl)c1. The molecule has 0 heterocycles. The van der Waals surface area contributed by atoms with Gasteiger partial charge in [0, 0.05) is 5.02 Å². The maximum atomic E-state index is 12.0. The van der Waals surface area contributed by atoms with Crippen LogP contribution in [0.5, 0.6) is 5.75 Å². The molecule has 29 heavy (non-hydrogen) atoms. The first-order chi connectivity index (χ1) is 13.5. The third kappa shape index (κ3) is 7.12. The molecule has 2 rings (SSSR count). The van der Waals surface area contributed by atoms with Gasteiger partial charge >= 0.3 is 7.48 Å². The minimum atomic E-state index is -1.19. The van der Waals surface area contributed by atoms with Crippen LogP contribution in [-0.2, 0) is 22.6 Å². The van der Waals surface area contributed by atoms with Crippen molar-refractivity contribution < 1.29 is 19.1 Å².